The molecule has 0 saturated carbocycles. The van der Waals surface area contributed by atoms with Gasteiger partial charge in [-0.15, -0.1) is 11.6 Å². The largest absolute Gasteiger partial charge is 0.297 e. The molecule has 1 aliphatic carbocycles. The standard InChI is InChI=1S/C5H5ClO/c6-4-2-1-3-5(4)7/h1-2,4H,3H2. The molecule has 0 radical (unpaired) electrons. The van der Waals surface area contributed by atoms with Gasteiger partial charge >= 0.3 is 0 Å². The SMILES string of the molecule is O=C1CC=CC1Cl. The number of halogens is 1. The maximum atomic E-state index is 10.4. The smallest absolute Gasteiger partial charge is 0.158 e. The molecule has 2 heteroatoms. The molecule has 0 spiro atoms. The Morgan fingerprint density at radius 1 is 1.86 bits per heavy atom. The van der Waals surface area contributed by atoms with Crippen molar-refractivity contribution in [3.8, 4) is 0 Å². The zero-order chi connectivity index (χ0) is 5.28. The zero-order valence-corrected chi connectivity index (χ0v) is 4.48. The van der Waals surface area contributed by atoms with Crippen molar-refractivity contribution >= 4 is 17.4 Å². The molecule has 1 rings (SSSR count). The predicted octanol–water partition coefficient (Wildman–Crippen LogP) is 1.12. The molecule has 0 aromatic heterocycles. The van der Waals surface area contributed by atoms with Crippen LogP contribution >= 0.6 is 11.6 Å². The Morgan fingerprint density at radius 2 is 2.57 bits per heavy atom. The van der Waals surface area contributed by atoms with Gasteiger partial charge in [0.2, 0.25) is 0 Å². The van der Waals surface area contributed by atoms with Gasteiger partial charge in [-0.2, -0.15) is 0 Å². The number of carbonyl (C=O) groups is 1. The first kappa shape index (κ1) is 4.85. The average molecular weight is 117 g/mol. The van der Waals surface area contributed by atoms with Gasteiger partial charge in [0.25, 0.3) is 0 Å². The Balaban J connectivity index is 2.62. The minimum absolute atomic E-state index is 0.113. The van der Waals surface area contributed by atoms with Gasteiger partial charge in [-0.05, 0) is 0 Å². The van der Waals surface area contributed by atoms with E-state index in [4.69, 9.17) is 11.6 Å². The van der Waals surface area contributed by atoms with Crippen molar-refractivity contribution in [1.82, 2.24) is 0 Å². The van der Waals surface area contributed by atoms with E-state index in [9.17, 15) is 4.79 Å². The van der Waals surface area contributed by atoms with Gasteiger partial charge in [0, 0.05) is 6.42 Å². The van der Waals surface area contributed by atoms with Crippen molar-refractivity contribution in [3.63, 3.8) is 0 Å². The lowest BCUT2D eigenvalue weighted by Crippen LogP contribution is -2.02. The van der Waals surface area contributed by atoms with Gasteiger partial charge in [-0.1, -0.05) is 12.2 Å². The number of hydrogen-bond acceptors (Lipinski definition) is 1. The minimum atomic E-state index is -0.333. The molecule has 0 aromatic rings. The first-order chi connectivity index (χ1) is 3.30. The van der Waals surface area contributed by atoms with Gasteiger partial charge in [-0.25, -0.2) is 0 Å². The highest BCUT2D eigenvalue weighted by molar-refractivity contribution is 6.33. The van der Waals surface area contributed by atoms with Crippen molar-refractivity contribution < 1.29 is 4.79 Å². The summed E-state index contributed by atoms with van der Waals surface area (Å²) in [5.41, 5.74) is 0. The summed E-state index contributed by atoms with van der Waals surface area (Å²) in [7, 11) is 0. The molecule has 38 valence electrons. The number of hydrogen-bond donors (Lipinski definition) is 0. The van der Waals surface area contributed by atoms with Crippen molar-refractivity contribution in [3.05, 3.63) is 12.2 Å². The van der Waals surface area contributed by atoms with E-state index in [1.165, 1.54) is 0 Å². The van der Waals surface area contributed by atoms with Crippen LogP contribution in [0.15, 0.2) is 12.2 Å². The highest BCUT2D eigenvalue weighted by Gasteiger charge is 2.14. The Labute approximate surface area is 47.0 Å². The quantitative estimate of drug-likeness (QED) is 0.343. The van der Waals surface area contributed by atoms with Crippen LogP contribution in [0.5, 0.6) is 0 Å². The molecule has 0 fully saturated rings. The molecule has 0 heterocycles. The molecule has 7 heavy (non-hydrogen) atoms. The average Bonchev–Trinajstić information content (AvgIpc) is 1.91. The van der Waals surface area contributed by atoms with Crippen LogP contribution in [-0.2, 0) is 4.79 Å². The van der Waals surface area contributed by atoms with E-state index in [1.54, 1.807) is 12.2 Å². The minimum Gasteiger partial charge on any atom is -0.297 e. The Kier molecular flexibility index (Phi) is 1.15. The molecule has 0 N–H and O–H groups in total. The normalized spacial score (nSPS) is 29.3. The Hall–Kier alpha value is -0.300. The molecule has 1 nitrogen and oxygen atoms in total. The predicted molar refractivity (Wildman–Crippen MR) is 28.4 cm³/mol. The van der Waals surface area contributed by atoms with Gasteiger partial charge in [-0.3, -0.25) is 4.79 Å². The maximum absolute atomic E-state index is 10.4. The highest BCUT2D eigenvalue weighted by atomic mass is 35.5. The van der Waals surface area contributed by atoms with E-state index in [2.05, 4.69) is 0 Å². The van der Waals surface area contributed by atoms with Crippen LogP contribution < -0.4 is 0 Å². The lowest BCUT2D eigenvalue weighted by Gasteiger charge is -1.87. The van der Waals surface area contributed by atoms with E-state index in [0.29, 0.717) is 6.42 Å². The molecule has 0 amide bonds. The lowest BCUT2D eigenvalue weighted by molar-refractivity contribution is -0.116. The summed E-state index contributed by atoms with van der Waals surface area (Å²) in [6, 6.07) is 0. The fraction of sp³-hybridized carbons (Fsp3) is 0.400. The van der Waals surface area contributed by atoms with Gasteiger partial charge in [0.05, 0.1) is 0 Å². The van der Waals surface area contributed by atoms with Crippen LogP contribution in [0.3, 0.4) is 0 Å². The number of carbonyl (C=O) groups excluding carboxylic acids is 1. The molecule has 0 aliphatic heterocycles. The van der Waals surface area contributed by atoms with Crippen LogP contribution in [0.1, 0.15) is 6.42 Å². The molecule has 1 atom stereocenters. The van der Waals surface area contributed by atoms with Crippen LogP contribution in [0.2, 0.25) is 0 Å². The van der Waals surface area contributed by atoms with Gasteiger partial charge in [0.15, 0.2) is 5.78 Å². The summed E-state index contributed by atoms with van der Waals surface area (Å²) >= 11 is 5.43. The van der Waals surface area contributed by atoms with Crippen LogP contribution in [0.25, 0.3) is 0 Å². The van der Waals surface area contributed by atoms with Crippen molar-refractivity contribution in [1.29, 1.82) is 0 Å². The second kappa shape index (κ2) is 1.66. The van der Waals surface area contributed by atoms with E-state index in [0.717, 1.165) is 0 Å². The monoisotopic (exact) mass is 116 g/mol. The number of alkyl halides is 1. The number of Topliss-reactive ketones (excluding diaryl/α,β-unsaturated/α-hetero) is 1. The maximum Gasteiger partial charge on any atom is 0.158 e. The molecule has 1 aliphatic rings. The van der Waals surface area contributed by atoms with Crippen molar-refractivity contribution in [2.75, 3.05) is 0 Å². The summed E-state index contributed by atoms with van der Waals surface area (Å²) in [6.07, 6.45) is 4.03. The molecular formula is C5H5ClO. The second-order valence-electron chi connectivity index (χ2n) is 1.50. The number of ketones is 1. The van der Waals surface area contributed by atoms with Crippen LogP contribution in [0.4, 0.5) is 0 Å². The zero-order valence-electron chi connectivity index (χ0n) is 3.73. The summed E-state index contributed by atoms with van der Waals surface area (Å²) < 4.78 is 0. The summed E-state index contributed by atoms with van der Waals surface area (Å²) in [4.78, 5) is 10.4. The molecule has 0 saturated heterocycles. The van der Waals surface area contributed by atoms with Gasteiger partial charge in [0.1, 0.15) is 5.38 Å². The summed E-state index contributed by atoms with van der Waals surface area (Å²) in [6.45, 7) is 0. The van der Waals surface area contributed by atoms with Crippen LogP contribution in [0, 0.1) is 0 Å². The van der Waals surface area contributed by atoms with E-state index < -0.39 is 0 Å². The van der Waals surface area contributed by atoms with E-state index >= 15 is 0 Å². The first-order valence-corrected chi connectivity index (χ1v) is 2.58. The summed E-state index contributed by atoms with van der Waals surface area (Å²) in [5, 5.41) is -0.333. The lowest BCUT2D eigenvalue weighted by atomic mass is 10.3. The van der Waals surface area contributed by atoms with Crippen molar-refractivity contribution in [2.24, 2.45) is 0 Å². The molecule has 1 unspecified atom stereocenters. The third-order valence-corrected chi connectivity index (χ3v) is 1.32. The molecular weight excluding hydrogens is 112 g/mol. The Bertz CT molecular complexity index is 117. The number of allylic oxidation sites excluding steroid dienone is 2. The fourth-order valence-electron chi connectivity index (χ4n) is 0.524. The second-order valence-corrected chi connectivity index (χ2v) is 1.97. The van der Waals surface area contributed by atoms with Gasteiger partial charge < -0.3 is 0 Å². The van der Waals surface area contributed by atoms with Crippen LogP contribution in [-0.4, -0.2) is 11.2 Å². The van der Waals surface area contributed by atoms with E-state index in [-0.39, 0.29) is 11.2 Å². The molecule has 0 bridgehead atoms. The van der Waals surface area contributed by atoms with E-state index in [1.807, 2.05) is 0 Å². The number of rotatable bonds is 0. The Morgan fingerprint density at radius 3 is 2.71 bits per heavy atom. The topological polar surface area (TPSA) is 17.1 Å². The van der Waals surface area contributed by atoms with Crippen molar-refractivity contribution in [2.45, 2.75) is 11.8 Å². The third-order valence-electron chi connectivity index (χ3n) is 0.932. The molecule has 0 aromatic carbocycles. The highest BCUT2D eigenvalue weighted by Crippen LogP contribution is 2.10. The summed E-state index contributed by atoms with van der Waals surface area (Å²) in [5.74, 6) is 0.113. The first-order valence-electron chi connectivity index (χ1n) is 2.14. The third kappa shape index (κ3) is 0.829. The fourth-order valence-corrected chi connectivity index (χ4v) is 0.716.